The molecule has 0 saturated carbocycles. The number of benzene rings is 1. The minimum absolute atomic E-state index is 0.111. The lowest BCUT2D eigenvalue weighted by Gasteiger charge is -2.26. The van der Waals surface area contributed by atoms with Crippen LogP contribution in [-0.2, 0) is 13.0 Å². The van der Waals surface area contributed by atoms with Crippen molar-refractivity contribution in [3.63, 3.8) is 0 Å². The van der Waals surface area contributed by atoms with Crippen molar-refractivity contribution in [3.8, 4) is 0 Å². The Morgan fingerprint density at radius 3 is 3.00 bits per heavy atom. The lowest BCUT2D eigenvalue weighted by atomic mass is 9.88. The van der Waals surface area contributed by atoms with E-state index in [4.69, 9.17) is 4.42 Å². The third-order valence-corrected chi connectivity index (χ3v) is 4.08. The lowest BCUT2D eigenvalue weighted by Crippen LogP contribution is -2.38. The molecule has 0 fully saturated rings. The third-order valence-electron chi connectivity index (χ3n) is 4.08. The maximum absolute atomic E-state index is 12.1. The number of furan rings is 1. The van der Waals surface area contributed by atoms with Gasteiger partial charge in [-0.3, -0.25) is 0 Å². The molecule has 1 aliphatic carbocycles. The maximum Gasteiger partial charge on any atom is 0.315 e. The van der Waals surface area contributed by atoms with Crippen molar-refractivity contribution in [2.45, 2.75) is 38.8 Å². The summed E-state index contributed by atoms with van der Waals surface area (Å²) < 4.78 is 5.22. The van der Waals surface area contributed by atoms with Crippen molar-refractivity contribution >= 4 is 6.03 Å². The molecule has 1 aromatic heterocycles. The van der Waals surface area contributed by atoms with E-state index in [-0.39, 0.29) is 12.1 Å². The molecule has 1 unspecified atom stereocenters. The molecule has 4 heteroatoms. The third kappa shape index (κ3) is 3.10. The molecule has 0 radical (unpaired) electrons. The van der Waals surface area contributed by atoms with Gasteiger partial charge in [0.2, 0.25) is 0 Å². The first-order valence-corrected chi connectivity index (χ1v) is 7.39. The highest BCUT2D eigenvalue weighted by atomic mass is 16.3. The Hall–Kier alpha value is -2.23. The van der Waals surface area contributed by atoms with Gasteiger partial charge in [-0.2, -0.15) is 0 Å². The molecule has 2 N–H and O–H groups in total. The van der Waals surface area contributed by atoms with Crippen molar-refractivity contribution in [3.05, 3.63) is 59.0 Å². The molecular weight excluding hydrogens is 264 g/mol. The molecule has 21 heavy (non-hydrogen) atoms. The van der Waals surface area contributed by atoms with Gasteiger partial charge in [-0.1, -0.05) is 24.3 Å². The van der Waals surface area contributed by atoms with Crippen LogP contribution in [0.4, 0.5) is 4.79 Å². The number of amides is 2. The maximum atomic E-state index is 12.1. The Morgan fingerprint density at radius 2 is 2.19 bits per heavy atom. The minimum atomic E-state index is -0.127. The fourth-order valence-electron chi connectivity index (χ4n) is 2.88. The largest absolute Gasteiger partial charge is 0.469 e. The summed E-state index contributed by atoms with van der Waals surface area (Å²) in [5.41, 5.74) is 3.60. The molecule has 4 nitrogen and oxygen atoms in total. The zero-order valence-corrected chi connectivity index (χ0v) is 12.2. The highest BCUT2D eigenvalue weighted by Gasteiger charge is 2.21. The van der Waals surface area contributed by atoms with Gasteiger partial charge in [0.15, 0.2) is 0 Å². The summed E-state index contributed by atoms with van der Waals surface area (Å²) in [6.07, 6.45) is 4.85. The first kappa shape index (κ1) is 13.7. The average Bonchev–Trinajstić information content (AvgIpc) is 2.91. The zero-order chi connectivity index (χ0) is 14.7. The molecule has 110 valence electrons. The molecule has 1 aromatic carbocycles. The van der Waals surface area contributed by atoms with Gasteiger partial charge in [0, 0.05) is 12.1 Å². The zero-order valence-electron chi connectivity index (χ0n) is 12.2. The number of urea groups is 1. The minimum Gasteiger partial charge on any atom is -0.469 e. The highest BCUT2D eigenvalue weighted by molar-refractivity contribution is 5.74. The van der Waals surface area contributed by atoms with E-state index in [1.807, 2.05) is 19.1 Å². The lowest BCUT2D eigenvalue weighted by molar-refractivity contribution is 0.235. The van der Waals surface area contributed by atoms with E-state index in [1.54, 1.807) is 6.26 Å². The van der Waals surface area contributed by atoms with E-state index < -0.39 is 0 Å². The second-order valence-corrected chi connectivity index (χ2v) is 5.47. The van der Waals surface area contributed by atoms with Crippen LogP contribution in [0, 0.1) is 6.92 Å². The van der Waals surface area contributed by atoms with E-state index in [2.05, 4.69) is 28.8 Å². The Morgan fingerprint density at radius 1 is 1.33 bits per heavy atom. The molecule has 2 amide bonds. The average molecular weight is 284 g/mol. The van der Waals surface area contributed by atoms with Gasteiger partial charge < -0.3 is 15.1 Å². The first-order chi connectivity index (χ1) is 10.2. The molecule has 0 bridgehead atoms. The first-order valence-electron chi connectivity index (χ1n) is 7.39. The molecule has 2 aromatic rings. The van der Waals surface area contributed by atoms with E-state index in [0.29, 0.717) is 6.54 Å². The van der Waals surface area contributed by atoms with Crippen LogP contribution in [0.2, 0.25) is 0 Å². The summed E-state index contributed by atoms with van der Waals surface area (Å²) >= 11 is 0. The normalized spacial score (nSPS) is 17.1. The number of fused-ring (bicyclic) bond motifs is 1. The van der Waals surface area contributed by atoms with Gasteiger partial charge in [-0.25, -0.2) is 4.79 Å². The Labute approximate surface area is 124 Å². The van der Waals surface area contributed by atoms with Gasteiger partial charge in [0.25, 0.3) is 0 Å². The van der Waals surface area contributed by atoms with Gasteiger partial charge in [-0.05, 0) is 43.4 Å². The predicted octanol–water partition coefficient (Wildman–Crippen LogP) is 3.46. The predicted molar refractivity (Wildman–Crippen MR) is 80.9 cm³/mol. The second kappa shape index (κ2) is 6.04. The van der Waals surface area contributed by atoms with Crippen LogP contribution in [0.3, 0.4) is 0 Å². The number of hydrogen-bond acceptors (Lipinski definition) is 2. The van der Waals surface area contributed by atoms with Crippen molar-refractivity contribution < 1.29 is 9.21 Å². The fraction of sp³-hybridized carbons (Fsp3) is 0.353. The van der Waals surface area contributed by atoms with Crippen LogP contribution >= 0.6 is 0 Å². The summed E-state index contributed by atoms with van der Waals surface area (Å²) in [6.45, 7) is 2.38. The number of hydrogen-bond donors (Lipinski definition) is 2. The monoisotopic (exact) mass is 284 g/mol. The van der Waals surface area contributed by atoms with Crippen LogP contribution in [0.5, 0.6) is 0 Å². The SMILES string of the molecule is Cc1occc1CNC(=O)NC1CCCc2ccccc21. The summed E-state index contributed by atoms with van der Waals surface area (Å²) in [7, 11) is 0. The quantitative estimate of drug-likeness (QED) is 0.906. The molecule has 1 aliphatic rings. The van der Waals surface area contributed by atoms with Gasteiger partial charge in [0.1, 0.15) is 5.76 Å². The topological polar surface area (TPSA) is 54.3 Å². The van der Waals surface area contributed by atoms with Gasteiger partial charge >= 0.3 is 6.03 Å². The molecule has 1 atom stereocenters. The molecular formula is C17H20N2O2. The summed E-state index contributed by atoms with van der Waals surface area (Å²) in [5.74, 6) is 0.846. The van der Waals surface area contributed by atoms with Crippen LogP contribution in [0.15, 0.2) is 41.0 Å². The summed E-state index contributed by atoms with van der Waals surface area (Å²) in [6, 6.07) is 10.2. The Balaban J connectivity index is 1.60. The molecule has 0 spiro atoms. The fourth-order valence-corrected chi connectivity index (χ4v) is 2.88. The van der Waals surface area contributed by atoms with E-state index in [9.17, 15) is 4.79 Å². The Bertz CT molecular complexity index is 633. The van der Waals surface area contributed by atoms with E-state index in [1.165, 1.54) is 11.1 Å². The molecule has 0 saturated heterocycles. The van der Waals surface area contributed by atoms with Crippen molar-refractivity contribution in [2.24, 2.45) is 0 Å². The van der Waals surface area contributed by atoms with Gasteiger partial charge in [0.05, 0.1) is 12.3 Å². The van der Waals surface area contributed by atoms with Crippen molar-refractivity contribution in [1.82, 2.24) is 10.6 Å². The van der Waals surface area contributed by atoms with Crippen LogP contribution in [-0.4, -0.2) is 6.03 Å². The number of aryl methyl sites for hydroxylation is 2. The molecule has 0 aliphatic heterocycles. The standard InChI is InChI=1S/C17H20N2O2/c1-12-14(9-10-21-12)11-18-17(20)19-16-8-4-6-13-5-2-3-7-15(13)16/h2-3,5,7,9-10,16H,4,6,8,11H2,1H3,(H2,18,19,20). The number of rotatable bonds is 3. The van der Waals surface area contributed by atoms with Gasteiger partial charge in [-0.15, -0.1) is 0 Å². The number of carbonyl (C=O) groups excluding carboxylic acids is 1. The van der Waals surface area contributed by atoms with Crippen molar-refractivity contribution in [2.75, 3.05) is 0 Å². The second-order valence-electron chi connectivity index (χ2n) is 5.47. The van der Waals surface area contributed by atoms with Crippen LogP contribution in [0.25, 0.3) is 0 Å². The van der Waals surface area contributed by atoms with Crippen LogP contribution in [0.1, 0.15) is 41.3 Å². The van der Waals surface area contributed by atoms with E-state index in [0.717, 1.165) is 30.6 Å². The van der Waals surface area contributed by atoms with Crippen LogP contribution < -0.4 is 10.6 Å². The summed E-state index contributed by atoms with van der Waals surface area (Å²) in [4.78, 5) is 12.1. The highest BCUT2D eigenvalue weighted by Crippen LogP contribution is 2.29. The smallest absolute Gasteiger partial charge is 0.315 e. The number of carbonyl (C=O) groups is 1. The van der Waals surface area contributed by atoms with Crippen molar-refractivity contribution in [1.29, 1.82) is 0 Å². The molecule has 3 rings (SSSR count). The van der Waals surface area contributed by atoms with E-state index >= 15 is 0 Å². The Kier molecular flexibility index (Phi) is 3.95. The molecule has 1 heterocycles. The summed E-state index contributed by atoms with van der Waals surface area (Å²) in [5, 5.41) is 5.97. The number of nitrogens with one attached hydrogen (secondary N) is 2.